The second-order valence-corrected chi connectivity index (χ2v) is 12.8. The van der Waals surface area contributed by atoms with Gasteiger partial charge in [-0.2, -0.15) is 0 Å². The number of rotatable bonds is 10. The van der Waals surface area contributed by atoms with Gasteiger partial charge >= 0.3 is 5.97 Å². The molecule has 0 aliphatic heterocycles. The molecule has 176 valence electrons. The van der Waals surface area contributed by atoms with Crippen LogP contribution < -0.4 is 20.9 Å². The van der Waals surface area contributed by atoms with Crippen LogP contribution in [0.15, 0.2) is 103 Å². The zero-order valence-corrected chi connectivity index (χ0v) is 21.1. The molecule has 0 aromatic heterocycles. The van der Waals surface area contributed by atoms with E-state index in [0.717, 1.165) is 0 Å². The molecule has 1 atom stereocenters. The first-order valence-corrected chi connectivity index (χ1v) is 13.9. The number of amides is 1. The van der Waals surface area contributed by atoms with E-state index < -0.39 is 20.1 Å². The van der Waals surface area contributed by atoms with Gasteiger partial charge in [-0.1, -0.05) is 111 Å². The molecule has 0 saturated heterocycles. The lowest BCUT2D eigenvalue weighted by atomic mass is 10.0. The van der Waals surface area contributed by atoms with E-state index in [1.54, 1.807) is 6.08 Å². The van der Waals surface area contributed by atoms with E-state index in [0.29, 0.717) is 12.5 Å². The van der Waals surface area contributed by atoms with Gasteiger partial charge in [-0.15, -0.1) is 0 Å². The molecule has 0 unspecified atom stereocenters. The molecule has 4 nitrogen and oxygen atoms in total. The first-order chi connectivity index (χ1) is 16.5. The largest absolute Gasteiger partial charge is 0.467 e. The van der Waals surface area contributed by atoms with E-state index in [9.17, 15) is 9.59 Å². The third kappa shape index (κ3) is 6.11. The summed E-state index contributed by atoms with van der Waals surface area (Å²) in [6, 6.07) is 31.8. The third-order valence-electron chi connectivity index (χ3n) is 6.00. The lowest BCUT2D eigenvalue weighted by Gasteiger charge is -2.33. The molecule has 3 aromatic carbocycles. The fourth-order valence-corrected chi connectivity index (χ4v) is 8.87. The first kappa shape index (κ1) is 25.2. The first-order valence-electron chi connectivity index (χ1n) is 11.7. The van der Waals surface area contributed by atoms with E-state index in [2.05, 4.69) is 78.1 Å². The summed E-state index contributed by atoms with van der Waals surface area (Å²) in [7, 11) is -1.10. The molecule has 3 rings (SSSR count). The Morgan fingerprint density at radius 2 is 1.26 bits per heavy atom. The predicted octanol–water partition coefficient (Wildman–Crippen LogP) is 3.42. The Morgan fingerprint density at radius 3 is 1.65 bits per heavy atom. The summed E-state index contributed by atoms with van der Waals surface area (Å²) in [4.78, 5) is 24.9. The molecule has 0 radical (unpaired) electrons. The zero-order chi connectivity index (χ0) is 24.4. The SMILES string of the molecule is COC(=O)[C@H](CC(C)C)NC(=O)/C=C/C[Si](c1ccccc1)(c1ccccc1)c1ccccc1. The maximum absolute atomic E-state index is 12.8. The minimum Gasteiger partial charge on any atom is -0.467 e. The number of methoxy groups -OCH3 is 1. The summed E-state index contributed by atoms with van der Waals surface area (Å²) in [5, 5.41) is 6.67. The quantitative estimate of drug-likeness (QED) is 0.213. The molecular formula is C29H33NO3Si. The van der Waals surface area contributed by atoms with Crippen LogP contribution in [0.25, 0.3) is 0 Å². The fourth-order valence-electron chi connectivity index (χ4n) is 4.41. The van der Waals surface area contributed by atoms with Gasteiger partial charge in [0.1, 0.15) is 6.04 Å². The van der Waals surface area contributed by atoms with Crippen LogP contribution in [0.5, 0.6) is 0 Å². The zero-order valence-electron chi connectivity index (χ0n) is 20.1. The highest BCUT2D eigenvalue weighted by atomic mass is 28.3. The minimum atomic E-state index is -2.44. The average molecular weight is 472 g/mol. The van der Waals surface area contributed by atoms with Crippen molar-refractivity contribution in [3.05, 3.63) is 103 Å². The molecule has 0 heterocycles. The monoisotopic (exact) mass is 471 g/mol. The third-order valence-corrected chi connectivity index (χ3v) is 10.8. The Morgan fingerprint density at radius 1 is 0.824 bits per heavy atom. The maximum Gasteiger partial charge on any atom is 0.328 e. The summed E-state index contributed by atoms with van der Waals surface area (Å²) in [6.07, 6.45) is 4.05. The Bertz CT molecular complexity index is 985. The van der Waals surface area contributed by atoms with Crippen molar-refractivity contribution < 1.29 is 14.3 Å². The van der Waals surface area contributed by atoms with Gasteiger partial charge in [0.25, 0.3) is 0 Å². The van der Waals surface area contributed by atoms with Crippen molar-refractivity contribution in [3.8, 4) is 0 Å². The van der Waals surface area contributed by atoms with Gasteiger partial charge < -0.3 is 10.1 Å². The molecule has 0 aliphatic rings. The van der Waals surface area contributed by atoms with Crippen LogP contribution in [-0.2, 0) is 14.3 Å². The van der Waals surface area contributed by atoms with Crippen LogP contribution in [0.3, 0.4) is 0 Å². The topological polar surface area (TPSA) is 55.4 Å². The summed E-state index contributed by atoms with van der Waals surface area (Å²) in [6.45, 7) is 4.02. The molecule has 0 spiro atoms. The van der Waals surface area contributed by atoms with Crippen molar-refractivity contribution in [1.29, 1.82) is 0 Å². The van der Waals surface area contributed by atoms with Crippen LogP contribution in [0, 0.1) is 5.92 Å². The van der Waals surface area contributed by atoms with E-state index in [4.69, 9.17) is 4.74 Å². The van der Waals surface area contributed by atoms with Gasteiger partial charge in [0.05, 0.1) is 7.11 Å². The number of hydrogen-bond acceptors (Lipinski definition) is 3. The van der Waals surface area contributed by atoms with Crippen molar-refractivity contribution in [3.63, 3.8) is 0 Å². The minimum absolute atomic E-state index is 0.252. The van der Waals surface area contributed by atoms with E-state index in [1.165, 1.54) is 22.7 Å². The van der Waals surface area contributed by atoms with Crippen LogP contribution in [0.1, 0.15) is 20.3 Å². The number of esters is 1. The highest BCUT2D eigenvalue weighted by Gasteiger charge is 2.38. The van der Waals surface area contributed by atoms with Crippen LogP contribution in [-0.4, -0.2) is 33.1 Å². The van der Waals surface area contributed by atoms with E-state index in [1.807, 2.05) is 38.1 Å². The molecule has 0 saturated carbocycles. The van der Waals surface area contributed by atoms with E-state index in [-0.39, 0.29) is 11.8 Å². The van der Waals surface area contributed by atoms with Gasteiger partial charge in [0.2, 0.25) is 5.91 Å². The van der Waals surface area contributed by atoms with Crippen molar-refractivity contribution in [2.75, 3.05) is 7.11 Å². The van der Waals surface area contributed by atoms with Gasteiger partial charge in [0.15, 0.2) is 8.07 Å². The lowest BCUT2D eigenvalue weighted by Crippen LogP contribution is -2.66. The predicted molar refractivity (Wildman–Crippen MR) is 141 cm³/mol. The molecule has 5 heteroatoms. The Hall–Kier alpha value is -3.44. The summed E-state index contributed by atoms with van der Waals surface area (Å²) < 4.78 is 4.88. The molecule has 0 aliphatic carbocycles. The Labute approximate surface area is 203 Å². The second-order valence-electron chi connectivity index (χ2n) is 8.82. The van der Waals surface area contributed by atoms with Crippen LogP contribution in [0.4, 0.5) is 0 Å². The smallest absolute Gasteiger partial charge is 0.328 e. The number of allylic oxidation sites excluding steroid dienone is 1. The second kappa shape index (κ2) is 12.1. The fraction of sp³-hybridized carbons (Fsp3) is 0.241. The number of carbonyl (C=O) groups is 2. The highest BCUT2D eigenvalue weighted by molar-refractivity contribution is 7.11. The molecule has 34 heavy (non-hydrogen) atoms. The van der Waals surface area contributed by atoms with Gasteiger partial charge in [-0.05, 0) is 40.0 Å². The van der Waals surface area contributed by atoms with Crippen molar-refractivity contribution in [1.82, 2.24) is 5.32 Å². The van der Waals surface area contributed by atoms with Crippen molar-refractivity contribution in [2.45, 2.75) is 32.4 Å². The molecule has 1 amide bonds. The molecular weight excluding hydrogens is 438 g/mol. The standard InChI is InChI=1S/C29H33NO3Si/c1-23(2)22-27(29(32)33-3)30-28(31)20-13-21-34(24-14-7-4-8-15-24,25-16-9-5-10-17-25)26-18-11-6-12-19-26/h4-20,23,27H,21-22H2,1-3H3,(H,30,31)/b20-13+/t27-/m0/s1. The number of benzene rings is 3. The van der Waals surface area contributed by atoms with Gasteiger partial charge in [-0.25, -0.2) is 4.79 Å². The van der Waals surface area contributed by atoms with E-state index >= 15 is 0 Å². The van der Waals surface area contributed by atoms with Gasteiger partial charge in [-0.3, -0.25) is 4.79 Å². The molecule has 0 fully saturated rings. The summed E-state index contributed by atoms with van der Waals surface area (Å²) >= 11 is 0. The van der Waals surface area contributed by atoms with Crippen molar-refractivity contribution in [2.24, 2.45) is 5.92 Å². The number of nitrogens with one attached hydrogen (secondary N) is 1. The summed E-state index contributed by atoms with van der Waals surface area (Å²) in [5.41, 5.74) is 0. The van der Waals surface area contributed by atoms with Gasteiger partial charge in [0, 0.05) is 0 Å². The highest BCUT2D eigenvalue weighted by Crippen LogP contribution is 2.14. The molecule has 3 aromatic rings. The normalized spacial score (nSPS) is 12.5. The maximum atomic E-state index is 12.8. The Balaban J connectivity index is 1.96. The molecule has 1 N–H and O–H groups in total. The van der Waals surface area contributed by atoms with Crippen LogP contribution in [0.2, 0.25) is 6.04 Å². The van der Waals surface area contributed by atoms with Crippen LogP contribution >= 0.6 is 0 Å². The number of ether oxygens (including phenoxy) is 1. The lowest BCUT2D eigenvalue weighted by molar-refractivity contribution is -0.145. The number of hydrogen-bond donors (Lipinski definition) is 1. The Kier molecular flexibility index (Phi) is 8.99. The summed E-state index contributed by atoms with van der Waals surface area (Å²) in [5.74, 6) is -0.451. The van der Waals surface area contributed by atoms with Crippen molar-refractivity contribution >= 4 is 35.5 Å². The molecule has 0 bridgehead atoms. The average Bonchev–Trinajstić information content (AvgIpc) is 2.87. The number of carbonyl (C=O) groups excluding carboxylic acids is 2.